The molecule has 0 saturated carbocycles. The van der Waals surface area contributed by atoms with E-state index in [1.807, 2.05) is 42.5 Å². The van der Waals surface area contributed by atoms with Gasteiger partial charge < -0.3 is 14.5 Å². The first-order valence-electron chi connectivity index (χ1n) is 8.42. The SMILES string of the molecule is O=C(Cc1cn2cc(F)ccc2n1)Nc1ccccc1Oc1ccccc1. The molecule has 0 atom stereocenters. The Morgan fingerprint density at radius 1 is 1.00 bits per heavy atom. The zero-order valence-electron chi connectivity index (χ0n) is 14.3. The Hall–Kier alpha value is -3.67. The fraction of sp³-hybridized carbons (Fsp3) is 0.0476. The van der Waals surface area contributed by atoms with Crippen molar-refractivity contribution >= 4 is 17.2 Å². The summed E-state index contributed by atoms with van der Waals surface area (Å²) in [5.41, 5.74) is 1.72. The quantitative estimate of drug-likeness (QED) is 0.571. The highest BCUT2D eigenvalue weighted by molar-refractivity contribution is 5.93. The number of benzene rings is 2. The maximum absolute atomic E-state index is 13.3. The van der Waals surface area contributed by atoms with Gasteiger partial charge in [0.25, 0.3) is 0 Å². The molecule has 0 radical (unpaired) electrons. The lowest BCUT2D eigenvalue weighted by atomic mass is 10.2. The third-order valence-corrected chi connectivity index (χ3v) is 3.94. The molecule has 0 saturated heterocycles. The summed E-state index contributed by atoms with van der Waals surface area (Å²) in [6.45, 7) is 0. The van der Waals surface area contributed by atoms with Crippen molar-refractivity contribution < 1.29 is 13.9 Å². The van der Waals surface area contributed by atoms with Crippen LogP contribution >= 0.6 is 0 Å². The monoisotopic (exact) mass is 361 g/mol. The minimum Gasteiger partial charge on any atom is -0.455 e. The van der Waals surface area contributed by atoms with Crippen molar-refractivity contribution in [2.24, 2.45) is 0 Å². The molecule has 5 nitrogen and oxygen atoms in total. The average Bonchev–Trinajstić information content (AvgIpc) is 3.05. The van der Waals surface area contributed by atoms with Gasteiger partial charge in [-0.3, -0.25) is 4.79 Å². The van der Waals surface area contributed by atoms with E-state index in [1.54, 1.807) is 28.8 Å². The number of aromatic nitrogens is 2. The van der Waals surface area contributed by atoms with Crippen LogP contribution in [0.4, 0.5) is 10.1 Å². The number of imidazole rings is 1. The minimum atomic E-state index is -0.358. The Labute approximate surface area is 155 Å². The van der Waals surface area contributed by atoms with Crippen molar-refractivity contribution in [2.45, 2.75) is 6.42 Å². The molecule has 2 heterocycles. The molecule has 0 aliphatic rings. The average molecular weight is 361 g/mol. The largest absolute Gasteiger partial charge is 0.455 e. The molecule has 2 aromatic heterocycles. The number of carbonyl (C=O) groups is 1. The number of nitrogens with one attached hydrogen (secondary N) is 1. The van der Waals surface area contributed by atoms with Crippen LogP contribution < -0.4 is 10.1 Å². The highest BCUT2D eigenvalue weighted by Crippen LogP contribution is 2.29. The van der Waals surface area contributed by atoms with E-state index in [0.29, 0.717) is 28.5 Å². The van der Waals surface area contributed by atoms with Gasteiger partial charge in [0.05, 0.1) is 17.8 Å². The summed E-state index contributed by atoms with van der Waals surface area (Å²) in [5.74, 6) is 0.640. The summed E-state index contributed by atoms with van der Waals surface area (Å²) in [7, 11) is 0. The highest BCUT2D eigenvalue weighted by atomic mass is 19.1. The van der Waals surface area contributed by atoms with Crippen LogP contribution in [-0.4, -0.2) is 15.3 Å². The maximum Gasteiger partial charge on any atom is 0.230 e. The summed E-state index contributed by atoms with van der Waals surface area (Å²) in [4.78, 5) is 16.8. The first-order valence-corrected chi connectivity index (χ1v) is 8.42. The van der Waals surface area contributed by atoms with Crippen LogP contribution in [0.15, 0.2) is 79.1 Å². The summed E-state index contributed by atoms with van der Waals surface area (Å²) in [6.07, 6.45) is 3.04. The minimum absolute atomic E-state index is 0.0724. The van der Waals surface area contributed by atoms with Crippen LogP contribution in [-0.2, 0) is 11.2 Å². The van der Waals surface area contributed by atoms with Crippen LogP contribution in [0.3, 0.4) is 0 Å². The molecular formula is C21H16FN3O2. The fourth-order valence-electron chi connectivity index (χ4n) is 2.74. The number of para-hydroxylation sites is 3. The number of pyridine rings is 1. The molecular weight excluding hydrogens is 345 g/mol. The summed E-state index contributed by atoms with van der Waals surface area (Å²) in [5, 5.41) is 2.85. The van der Waals surface area contributed by atoms with Gasteiger partial charge in [0, 0.05) is 12.4 Å². The van der Waals surface area contributed by atoms with Crippen LogP contribution in [0.2, 0.25) is 0 Å². The Morgan fingerprint density at radius 2 is 1.78 bits per heavy atom. The van der Waals surface area contributed by atoms with E-state index in [-0.39, 0.29) is 18.1 Å². The van der Waals surface area contributed by atoms with E-state index < -0.39 is 0 Å². The van der Waals surface area contributed by atoms with E-state index >= 15 is 0 Å². The molecule has 0 spiro atoms. The van der Waals surface area contributed by atoms with Gasteiger partial charge in [-0.15, -0.1) is 0 Å². The van der Waals surface area contributed by atoms with Gasteiger partial charge in [0.2, 0.25) is 5.91 Å². The van der Waals surface area contributed by atoms with Gasteiger partial charge >= 0.3 is 0 Å². The molecule has 0 fully saturated rings. The molecule has 0 aliphatic heterocycles. The van der Waals surface area contributed by atoms with E-state index in [4.69, 9.17) is 4.74 Å². The molecule has 0 bridgehead atoms. The van der Waals surface area contributed by atoms with Crippen molar-refractivity contribution in [3.05, 3.63) is 90.6 Å². The lowest BCUT2D eigenvalue weighted by Gasteiger charge is -2.11. The Morgan fingerprint density at radius 3 is 2.63 bits per heavy atom. The van der Waals surface area contributed by atoms with E-state index in [2.05, 4.69) is 10.3 Å². The number of ether oxygens (including phenoxy) is 1. The third kappa shape index (κ3) is 3.95. The lowest BCUT2D eigenvalue weighted by molar-refractivity contribution is -0.115. The molecule has 0 aliphatic carbocycles. The second kappa shape index (κ2) is 7.29. The Kier molecular flexibility index (Phi) is 4.53. The van der Waals surface area contributed by atoms with E-state index in [0.717, 1.165) is 0 Å². The number of fused-ring (bicyclic) bond motifs is 1. The van der Waals surface area contributed by atoms with Crippen LogP contribution in [0.1, 0.15) is 5.69 Å². The smallest absolute Gasteiger partial charge is 0.230 e. The number of carbonyl (C=O) groups excluding carboxylic acids is 1. The third-order valence-electron chi connectivity index (χ3n) is 3.94. The van der Waals surface area contributed by atoms with E-state index in [9.17, 15) is 9.18 Å². The highest BCUT2D eigenvalue weighted by Gasteiger charge is 2.11. The van der Waals surface area contributed by atoms with Crippen molar-refractivity contribution in [1.29, 1.82) is 0 Å². The Bertz CT molecular complexity index is 1090. The number of halogens is 1. The van der Waals surface area contributed by atoms with Crippen molar-refractivity contribution in [3.8, 4) is 11.5 Å². The number of amides is 1. The summed E-state index contributed by atoms with van der Waals surface area (Å²) in [6, 6.07) is 19.5. The first kappa shape index (κ1) is 16.8. The van der Waals surface area contributed by atoms with Gasteiger partial charge in [0.15, 0.2) is 5.75 Å². The molecule has 1 amide bonds. The molecule has 0 unspecified atom stereocenters. The number of hydrogen-bond acceptors (Lipinski definition) is 3. The molecule has 6 heteroatoms. The van der Waals surface area contributed by atoms with Gasteiger partial charge in [-0.25, -0.2) is 9.37 Å². The molecule has 4 aromatic rings. The molecule has 27 heavy (non-hydrogen) atoms. The topological polar surface area (TPSA) is 55.6 Å². The zero-order valence-corrected chi connectivity index (χ0v) is 14.3. The summed E-state index contributed by atoms with van der Waals surface area (Å²) < 4.78 is 20.7. The number of rotatable bonds is 5. The standard InChI is InChI=1S/C21H16FN3O2/c22-15-10-11-20-23-16(14-25(20)13-15)12-21(26)24-18-8-4-5-9-19(18)27-17-6-2-1-3-7-17/h1-11,13-14H,12H2,(H,24,26). The summed E-state index contributed by atoms with van der Waals surface area (Å²) >= 11 is 0. The van der Waals surface area contributed by atoms with Crippen LogP contribution in [0, 0.1) is 5.82 Å². The maximum atomic E-state index is 13.3. The van der Waals surface area contributed by atoms with Crippen molar-refractivity contribution in [1.82, 2.24) is 9.38 Å². The molecule has 134 valence electrons. The predicted octanol–water partition coefficient (Wildman–Crippen LogP) is 4.45. The predicted molar refractivity (Wildman–Crippen MR) is 100 cm³/mol. The number of nitrogens with zero attached hydrogens (tertiary/aromatic N) is 2. The lowest BCUT2D eigenvalue weighted by Crippen LogP contribution is -2.15. The number of anilines is 1. The number of hydrogen-bond donors (Lipinski definition) is 1. The van der Waals surface area contributed by atoms with E-state index in [1.165, 1.54) is 12.3 Å². The van der Waals surface area contributed by atoms with Crippen LogP contribution in [0.5, 0.6) is 11.5 Å². The molecule has 2 aromatic carbocycles. The van der Waals surface area contributed by atoms with Gasteiger partial charge in [-0.2, -0.15) is 0 Å². The van der Waals surface area contributed by atoms with Crippen LogP contribution in [0.25, 0.3) is 5.65 Å². The second-order valence-corrected chi connectivity index (χ2v) is 5.98. The Balaban J connectivity index is 1.49. The zero-order chi connectivity index (χ0) is 18.6. The van der Waals surface area contributed by atoms with Gasteiger partial charge in [-0.05, 0) is 36.4 Å². The van der Waals surface area contributed by atoms with Gasteiger partial charge in [-0.1, -0.05) is 30.3 Å². The normalized spacial score (nSPS) is 10.7. The molecule has 1 N–H and O–H groups in total. The first-order chi connectivity index (χ1) is 13.2. The van der Waals surface area contributed by atoms with Crippen molar-refractivity contribution in [2.75, 3.05) is 5.32 Å². The van der Waals surface area contributed by atoms with Crippen molar-refractivity contribution in [3.63, 3.8) is 0 Å². The molecule has 4 rings (SSSR count). The second-order valence-electron chi connectivity index (χ2n) is 5.98. The fourth-order valence-corrected chi connectivity index (χ4v) is 2.74. The van der Waals surface area contributed by atoms with Gasteiger partial charge in [0.1, 0.15) is 17.2 Å².